The van der Waals surface area contributed by atoms with E-state index in [0.29, 0.717) is 27.0 Å². The number of rotatable bonds is 2. The predicted molar refractivity (Wildman–Crippen MR) is 81.0 cm³/mol. The number of para-hydroxylation sites is 2. The van der Waals surface area contributed by atoms with Gasteiger partial charge in [0.15, 0.2) is 0 Å². The monoisotopic (exact) mass is 271 g/mol. The molecule has 0 saturated heterocycles. The molecule has 5 nitrogen and oxygen atoms in total. The van der Waals surface area contributed by atoms with Crippen LogP contribution in [0.5, 0.6) is 0 Å². The second kappa shape index (κ2) is 5.13. The van der Waals surface area contributed by atoms with E-state index in [2.05, 4.69) is 11.9 Å². The summed E-state index contributed by atoms with van der Waals surface area (Å²) in [5.74, 6) is 0. The van der Waals surface area contributed by atoms with Crippen LogP contribution < -0.4 is 27.2 Å². The SMILES string of the molecule is C=c1cc(C)c(=C(C)Nc2ccccc2N)c(=O)n1O. The molecular formula is C15H17N3O2. The molecule has 2 rings (SSSR count). The number of nitrogens with two attached hydrogens (primary N) is 1. The molecule has 0 radical (unpaired) electrons. The summed E-state index contributed by atoms with van der Waals surface area (Å²) < 4.78 is 0.544. The molecule has 104 valence electrons. The Morgan fingerprint density at radius 2 is 2.05 bits per heavy atom. The van der Waals surface area contributed by atoms with E-state index < -0.39 is 5.56 Å². The Bertz CT molecular complexity index is 822. The Morgan fingerprint density at radius 3 is 2.70 bits per heavy atom. The molecule has 0 saturated carbocycles. The lowest BCUT2D eigenvalue weighted by Crippen LogP contribution is -2.44. The van der Waals surface area contributed by atoms with Crippen molar-refractivity contribution in [3.05, 3.63) is 56.8 Å². The zero-order chi connectivity index (χ0) is 14.9. The van der Waals surface area contributed by atoms with Crippen LogP contribution in [0.4, 0.5) is 11.4 Å². The molecular weight excluding hydrogens is 254 g/mol. The molecule has 2 aromatic rings. The van der Waals surface area contributed by atoms with Crippen molar-refractivity contribution in [3.63, 3.8) is 0 Å². The van der Waals surface area contributed by atoms with Gasteiger partial charge in [0.05, 0.1) is 21.9 Å². The van der Waals surface area contributed by atoms with E-state index in [9.17, 15) is 10.0 Å². The molecule has 5 heteroatoms. The molecule has 0 spiro atoms. The van der Waals surface area contributed by atoms with Crippen molar-refractivity contribution in [2.24, 2.45) is 0 Å². The van der Waals surface area contributed by atoms with E-state index in [0.717, 1.165) is 5.56 Å². The van der Waals surface area contributed by atoms with E-state index in [-0.39, 0.29) is 5.35 Å². The Balaban J connectivity index is 2.65. The fraction of sp³-hybridized carbons (Fsp3) is 0.133. The number of nitrogen functional groups attached to an aromatic ring is 1. The molecule has 0 atom stereocenters. The van der Waals surface area contributed by atoms with Crippen molar-refractivity contribution in [2.45, 2.75) is 13.8 Å². The van der Waals surface area contributed by atoms with Gasteiger partial charge < -0.3 is 16.3 Å². The first-order valence-electron chi connectivity index (χ1n) is 6.15. The molecule has 1 heterocycles. The lowest BCUT2D eigenvalue weighted by molar-refractivity contribution is 0.165. The standard InChI is InChI=1S/C15H17N3O2/c1-9-8-10(2)18(20)15(19)14(9)11(3)17-13-7-5-4-6-12(13)16/h4-8,17,20H,2,16H2,1,3H3. The maximum atomic E-state index is 12.1. The van der Waals surface area contributed by atoms with Crippen LogP contribution in [0, 0.1) is 6.92 Å². The van der Waals surface area contributed by atoms with Gasteiger partial charge in [-0.05, 0) is 37.6 Å². The lowest BCUT2D eigenvalue weighted by atomic mass is 10.2. The smallest absolute Gasteiger partial charge is 0.292 e. The number of aryl methyl sites for hydroxylation is 1. The molecule has 20 heavy (non-hydrogen) atoms. The minimum absolute atomic E-state index is 0.253. The number of pyridine rings is 1. The predicted octanol–water partition coefficient (Wildman–Crippen LogP) is 0.627. The number of anilines is 2. The van der Waals surface area contributed by atoms with Crippen LogP contribution in [-0.2, 0) is 0 Å². The molecule has 0 unspecified atom stereocenters. The van der Waals surface area contributed by atoms with Gasteiger partial charge in [-0.3, -0.25) is 4.79 Å². The zero-order valence-electron chi connectivity index (χ0n) is 11.5. The molecule has 0 fully saturated rings. The lowest BCUT2D eigenvalue weighted by Gasteiger charge is -2.10. The van der Waals surface area contributed by atoms with Crippen LogP contribution in [0.1, 0.15) is 12.5 Å². The first-order chi connectivity index (χ1) is 9.41. The maximum absolute atomic E-state index is 12.1. The molecule has 0 aliphatic heterocycles. The zero-order valence-corrected chi connectivity index (χ0v) is 11.5. The van der Waals surface area contributed by atoms with Gasteiger partial charge in [0.1, 0.15) is 0 Å². The van der Waals surface area contributed by atoms with Crippen molar-refractivity contribution in [1.82, 2.24) is 4.73 Å². The highest BCUT2D eigenvalue weighted by molar-refractivity contribution is 5.74. The number of benzene rings is 1. The molecule has 0 aliphatic rings. The van der Waals surface area contributed by atoms with E-state index in [4.69, 9.17) is 5.73 Å². The second-order valence-electron chi connectivity index (χ2n) is 4.65. The third-order valence-electron chi connectivity index (χ3n) is 3.11. The molecule has 1 aromatic heterocycles. The van der Waals surface area contributed by atoms with Crippen LogP contribution in [0.15, 0.2) is 35.1 Å². The summed E-state index contributed by atoms with van der Waals surface area (Å²) in [5, 5.41) is 13.4. The van der Waals surface area contributed by atoms with Gasteiger partial charge in [-0.15, -0.1) is 4.73 Å². The summed E-state index contributed by atoms with van der Waals surface area (Å²) in [4.78, 5) is 12.1. The van der Waals surface area contributed by atoms with Gasteiger partial charge in [-0.1, -0.05) is 18.7 Å². The molecule has 0 aliphatic carbocycles. The summed E-state index contributed by atoms with van der Waals surface area (Å²) in [6, 6.07) is 8.92. The highest BCUT2D eigenvalue weighted by Crippen LogP contribution is 2.18. The average molecular weight is 271 g/mol. The summed E-state index contributed by atoms with van der Waals surface area (Å²) in [6.07, 6.45) is 0. The van der Waals surface area contributed by atoms with Crippen molar-refractivity contribution in [1.29, 1.82) is 0 Å². The van der Waals surface area contributed by atoms with Crippen LogP contribution in [-0.4, -0.2) is 9.94 Å². The normalized spacial score (nSPS) is 12.1. The summed E-state index contributed by atoms with van der Waals surface area (Å²) in [7, 11) is 0. The van der Waals surface area contributed by atoms with Gasteiger partial charge in [0.25, 0.3) is 5.56 Å². The molecule has 0 amide bonds. The minimum atomic E-state index is -0.505. The fourth-order valence-electron chi connectivity index (χ4n) is 2.12. The van der Waals surface area contributed by atoms with Crippen molar-refractivity contribution in [3.8, 4) is 0 Å². The third kappa shape index (κ3) is 2.38. The van der Waals surface area contributed by atoms with Gasteiger partial charge in [0, 0.05) is 5.70 Å². The molecule has 0 bridgehead atoms. The second-order valence-corrected chi connectivity index (χ2v) is 4.65. The maximum Gasteiger partial charge on any atom is 0.292 e. The quantitative estimate of drug-likeness (QED) is 0.553. The van der Waals surface area contributed by atoms with Crippen molar-refractivity contribution in [2.75, 3.05) is 11.1 Å². The first kappa shape index (κ1) is 13.7. The Hall–Kier alpha value is -2.69. The minimum Gasteiger partial charge on any atom is -0.425 e. The van der Waals surface area contributed by atoms with Gasteiger partial charge in [-0.2, -0.15) is 0 Å². The topological polar surface area (TPSA) is 80.3 Å². The van der Waals surface area contributed by atoms with Gasteiger partial charge >= 0.3 is 0 Å². The first-order valence-corrected chi connectivity index (χ1v) is 6.15. The fourth-order valence-corrected chi connectivity index (χ4v) is 2.12. The van der Waals surface area contributed by atoms with Gasteiger partial charge in [-0.25, -0.2) is 0 Å². The molecule has 1 aromatic carbocycles. The van der Waals surface area contributed by atoms with Crippen LogP contribution >= 0.6 is 0 Å². The average Bonchev–Trinajstić information content (AvgIpc) is 2.39. The van der Waals surface area contributed by atoms with Crippen LogP contribution in [0.25, 0.3) is 12.3 Å². The third-order valence-corrected chi connectivity index (χ3v) is 3.11. The van der Waals surface area contributed by atoms with E-state index in [1.807, 2.05) is 18.2 Å². The Morgan fingerprint density at radius 1 is 1.40 bits per heavy atom. The number of nitrogens with zero attached hydrogens (tertiary/aromatic N) is 1. The summed E-state index contributed by atoms with van der Waals surface area (Å²) in [6.45, 7) is 7.16. The number of aromatic nitrogens is 1. The highest BCUT2D eigenvalue weighted by atomic mass is 16.5. The van der Waals surface area contributed by atoms with E-state index in [1.165, 1.54) is 0 Å². The Kier molecular flexibility index (Phi) is 3.52. The van der Waals surface area contributed by atoms with Crippen molar-refractivity contribution < 1.29 is 5.21 Å². The van der Waals surface area contributed by atoms with Crippen molar-refractivity contribution >= 4 is 23.7 Å². The van der Waals surface area contributed by atoms with Crippen LogP contribution in [0.3, 0.4) is 0 Å². The number of hydrogen-bond donors (Lipinski definition) is 3. The van der Waals surface area contributed by atoms with Gasteiger partial charge in [0.2, 0.25) is 0 Å². The highest BCUT2D eigenvalue weighted by Gasteiger charge is 2.06. The van der Waals surface area contributed by atoms with E-state index in [1.54, 1.807) is 26.0 Å². The summed E-state index contributed by atoms with van der Waals surface area (Å²) >= 11 is 0. The Labute approximate surface area is 116 Å². The largest absolute Gasteiger partial charge is 0.425 e. The summed E-state index contributed by atoms with van der Waals surface area (Å²) in [5.41, 5.74) is 8.01. The number of hydrogen-bond acceptors (Lipinski definition) is 4. The number of nitrogens with one attached hydrogen (secondary N) is 1. The molecule has 4 N–H and O–H groups in total. The van der Waals surface area contributed by atoms with E-state index >= 15 is 0 Å². The van der Waals surface area contributed by atoms with Crippen LogP contribution in [0.2, 0.25) is 0 Å².